The van der Waals surface area contributed by atoms with Crippen LogP contribution < -0.4 is 4.90 Å². The third-order valence-corrected chi connectivity index (χ3v) is 12.0. The molecule has 0 aliphatic heterocycles. The molecule has 0 saturated carbocycles. The van der Waals surface area contributed by atoms with Crippen LogP contribution in [-0.4, -0.2) is 4.98 Å². The second-order valence-corrected chi connectivity index (χ2v) is 15.7. The Kier molecular flexibility index (Phi) is 9.19. The fourth-order valence-electron chi connectivity index (χ4n) is 7.82. The van der Waals surface area contributed by atoms with E-state index in [9.17, 15) is 0 Å². The first-order valence-corrected chi connectivity index (χ1v) is 20.4. The quantitative estimate of drug-likeness (QED) is 0.155. The Morgan fingerprint density at radius 3 is 1.51 bits per heavy atom. The molecule has 9 aromatic carbocycles. The third kappa shape index (κ3) is 6.80. The number of hydrogen-bond acceptors (Lipinski definition) is 4. The summed E-state index contributed by atoms with van der Waals surface area (Å²) in [6.45, 7) is 0. The Hall–Kier alpha value is -6.72. The lowest BCUT2D eigenvalue weighted by Crippen LogP contribution is -2.10. The first-order chi connectivity index (χ1) is 28.2. The van der Waals surface area contributed by atoms with Crippen LogP contribution in [0.15, 0.2) is 217 Å². The van der Waals surface area contributed by atoms with Gasteiger partial charge in [-0.2, -0.15) is 0 Å². The van der Waals surface area contributed by atoms with E-state index in [0.29, 0.717) is 0 Å². The molecule has 2 nitrogen and oxygen atoms in total. The van der Waals surface area contributed by atoms with E-state index in [1.807, 2.05) is 6.07 Å². The van der Waals surface area contributed by atoms with E-state index < -0.39 is 0 Å². The fourth-order valence-corrected chi connectivity index (χ4v) is 9.13. The van der Waals surface area contributed by atoms with Crippen LogP contribution in [0.3, 0.4) is 0 Å². The van der Waals surface area contributed by atoms with Gasteiger partial charge in [0.2, 0.25) is 0 Å². The number of fused-ring (bicyclic) bond motifs is 2. The van der Waals surface area contributed by atoms with E-state index in [1.54, 1.807) is 11.3 Å². The van der Waals surface area contributed by atoms with Gasteiger partial charge in [-0.3, -0.25) is 0 Å². The van der Waals surface area contributed by atoms with Gasteiger partial charge >= 0.3 is 0 Å². The number of benzene rings is 9. The number of thiazole rings is 1. The molecule has 0 unspecified atom stereocenters. The molecule has 0 atom stereocenters. The number of thiol groups is 1. The predicted octanol–water partition coefficient (Wildman–Crippen LogP) is 15.5. The summed E-state index contributed by atoms with van der Waals surface area (Å²) in [6, 6.07) is 75.8. The summed E-state index contributed by atoms with van der Waals surface area (Å²) in [7, 11) is 0. The van der Waals surface area contributed by atoms with E-state index in [-0.39, 0.29) is 0 Å². The summed E-state index contributed by atoms with van der Waals surface area (Å²) in [4.78, 5) is 8.22. The maximum absolute atomic E-state index is 5.01. The average Bonchev–Trinajstić information content (AvgIpc) is 3.70. The van der Waals surface area contributed by atoms with Crippen molar-refractivity contribution in [2.24, 2.45) is 0 Å². The smallest absolute Gasteiger partial charge is 0.124 e. The van der Waals surface area contributed by atoms with Crippen molar-refractivity contribution in [2.45, 2.75) is 4.90 Å². The van der Waals surface area contributed by atoms with Gasteiger partial charge in [-0.1, -0.05) is 164 Å². The molecule has 0 N–H and O–H groups in total. The van der Waals surface area contributed by atoms with Gasteiger partial charge in [0.25, 0.3) is 0 Å². The van der Waals surface area contributed by atoms with Gasteiger partial charge in [0, 0.05) is 27.5 Å². The molecule has 0 fully saturated rings. The lowest BCUT2D eigenvalue weighted by atomic mass is 9.92. The zero-order valence-corrected chi connectivity index (χ0v) is 32.7. The average molecular weight is 765 g/mol. The van der Waals surface area contributed by atoms with Crippen LogP contribution in [0.5, 0.6) is 0 Å². The van der Waals surface area contributed by atoms with E-state index >= 15 is 0 Å². The molecule has 1 heterocycles. The molecular weight excluding hydrogens is 729 g/mol. The van der Waals surface area contributed by atoms with Gasteiger partial charge in [-0.05, 0) is 104 Å². The van der Waals surface area contributed by atoms with Crippen LogP contribution in [-0.2, 0) is 0 Å². The van der Waals surface area contributed by atoms with Gasteiger partial charge in [0.1, 0.15) is 5.01 Å². The molecule has 57 heavy (non-hydrogen) atoms. The molecule has 0 amide bonds. The minimum absolute atomic E-state index is 0.900. The van der Waals surface area contributed by atoms with Crippen LogP contribution in [0.25, 0.3) is 76.1 Å². The molecule has 4 heteroatoms. The van der Waals surface area contributed by atoms with Crippen molar-refractivity contribution in [3.8, 4) is 55.1 Å². The van der Waals surface area contributed by atoms with Crippen LogP contribution in [0.4, 0.5) is 17.1 Å². The van der Waals surface area contributed by atoms with E-state index in [0.717, 1.165) is 53.9 Å². The van der Waals surface area contributed by atoms with Crippen molar-refractivity contribution in [2.75, 3.05) is 4.90 Å². The SMILES string of the molecule is Sc1cc2nc(-c3ccccc3)sc2cc1-c1cccc(N(c2ccc(-c3ccc(-c4ccccc4)c4ccccc34)cc2)c2cccc(-c3ccccc3)c2)c1. The topological polar surface area (TPSA) is 16.1 Å². The van der Waals surface area contributed by atoms with Crippen molar-refractivity contribution in [3.63, 3.8) is 0 Å². The van der Waals surface area contributed by atoms with Crippen LogP contribution >= 0.6 is 24.0 Å². The molecule has 10 rings (SSSR count). The summed E-state index contributed by atoms with van der Waals surface area (Å²) in [5.41, 5.74) is 14.7. The molecule has 0 saturated heterocycles. The molecule has 0 spiro atoms. The Morgan fingerprint density at radius 1 is 0.368 bits per heavy atom. The van der Waals surface area contributed by atoms with Crippen LogP contribution in [0.2, 0.25) is 0 Å². The number of rotatable bonds is 8. The second-order valence-electron chi connectivity index (χ2n) is 14.1. The number of hydrogen-bond donors (Lipinski definition) is 1. The molecule has 270 valence electrons. The van der Waals surface area contributed by atoms with Gasteiger partial charge in [0.15, 0.2) is 0 Å². The van der Waals surface area contributed by atoms with Crippen molar-refractivity contribution in [1.29, 1.82) is 0 Å². The van der Waals surface area contributed by atoms with Crippen molar-refractivity contribution in [1.82, 2.24) is 4.98 Å². The Labute approximate surface area is 342 Å². The molecule has 0 bridgehead atoms. The lowest BCUT2D eigenvalue weighted by Gasteiger charge is -2.27. The minimum atomic E-state index is 0.900. The summed E-state index contributed by atoms with van der Waals surface area (Å²) in [5, 5.41) is 3.50. The molecule has 0 aliphatic carbocycles. The first kappa shape index (κ1) is 34.7. The summed E-state index contributed by atoms with van der Waals surface area (Å²) < 4.78 is 1.14. The summed E-state index contributed by atoms with van der Waals surface area (Å²) in [5.74, 6) is 0. The Balaban J connectivity index is 1.07. The zero-order valence-electron chi connectivity index (χ0n) is 31.0. The van der Waals surface area contributed by atoms with Gasteiger partial charge in [0.05, 0.1) is 10.2 Å². The fraction of sp³-hybridized carbons (Fsp3) is 0. The Bertz CT molecular complexity index is 3010. The second kappa shape index (κ2) is 15.1. The van der Waals surface area contributed by atoms with Gasteiger partial charge < -0.3 is 4.90 Å². The minimum Gasteiger partial charge on any atom is -0.310 e. The van der Waals surface area contributed by atoms with E-state index in [2.05, 4.69) is 211 Å². The predicted molar refractivity (Wildman–Crippen MR) is 246 cm³/mol. The highest BCUT2D eigenvalue weighted by atomic mass is 32.1. The Morgan fingerprint density at radius 2 is 0.877 bits per heavy atom. The molecule has 0 aliphatic rings. The highest BCUT2D eigenvalue weighted by Crippen LogP contribution is 2.42. The van der Waals surface area contributed by atoms with Crippen LogP contribution in [0, 0.1) is 0 Å². The maximum Gasteiger partial charge on any atom is 0.124 e. The highest BCUT2D eigenvalue weighted by molar-refractivity contribution is 7.80. The number of aromatic nitrogens is 1. The van der Waals surface area contributed by atoms with E-state index in [4.69, 9.17) is 17.6 Å². The monoisotopic (exact) mass is 764 g/mol. The van der Waals surface area contributed by atoms with Crippen molar-refractivity contribution in [3.05, 3.63) is 212 Å². The normalized spacial score (nSPS) is 11.2. The molecule has 1 aromatic heterocycles. The molecule has 0 radical (unpaired) electrons. The number of anilines is 3. The molecule has 10 aromatic rings. The summed E-state index contributed by atoms with van der Waals surface area (Å²) in [6.07, 6.45) is 0. The number of nitrogens with zero attached hydrogens (tertiary/aromatic N) is 2. The van der Waals surface area contributed by atoms with E-state index in [1.165, 1.54) is 44.2 Å². The van der Waals surface area contributed by atoms with Crippen molar-refractivity contribution >= 4 is 62.0 Å². The van der Waals surface area contributed by atoms with Crippen LogP contribution in [0.1, 0.15) is 0 Å². The largest absolute Gasteiger partial charge is 0.310 e. The standard InChI is InChI=1S/C53H36N2S2/c56-51-35-50-52(57-53(54-50)39-18-8-3-9-19-39)34-49(51)41-21-13-23-44(33-41)55(43-22-12-20-40(32-43)36-14-4-1-5-15-36)42-28-26-38(27-29-42)46-31-30-45(37-16-6-2-7-17-37)47-24-10-11-25-48(46)47/h1-35,56H. The maximum atomic E-state index is 5.01. The van der Waals surface area contributed by atoms with Gasteiger partial charge in [-0.15, -0.1) is 24.0 Å². The summed E-state index contributed by atoms with van der Waals surface area (Å²) >= 11 is 6.73. The highest BCUT2D eigenvalue weighted by Gasteiger charge is 2.17. The zero-order chi connectivity index (χ0) is 38.1. The first-order valence-electron chi connectivity index (χ1n) is 19.1. The van der Waals surface area contributed by atoms with Crippen molar-refractivity contribution < 1.29 is 0 Å². The molecular formula is C53H36N2S2. The van der Waals surface area contributed by atoms with Gasteiger partial charge in [-0.25, -0.2) is 4.98 Å². The third-order valence-electron chi connectivity index (χ3n) is 10.6. The lowest BCUT2D eigenvalue weighted by molar-refractivity contribution is 1.28.